The lowest BCUT2D eigenvalue weighted by molar-refractivity contribution is -0.122. The Bertz CT molecular complexity index is 715. The molecule has 0 aromatic heterocycles. The van der Waals surface area contributed by atoms with E-state index in [1.54, 1.807) is 18.2 Å². The fourth-order valence-corrected chi connectivity index (χ4v) is 4.44. The van der Waals surface area contributed by atoms with E-state index in [-0.39, 0.29) is 29.8 Å². The Kier molecular flexibility index (Phi) is 6.63. The normalized spacial score (nSPS) is 24.1. The van der Waals surface area contributed by atoms with E-state index in [4.69, 9.17) is 0 Å². The van der Waals surface area contributed by atoms with E-state index in [2.05, 4.69) is 23.9 Å². The molecule has 0 heterocycles. The summed E-state index contributed by atoms with van der Waals surface area (Å²) in [5, 5.41) is 3.07. The number of carbonyl (C=O) groups excluding carboxylic acids is 1. The van der Waals surface area contributed by atoms with Gasteiger partial charge in [0.2, 0.25) is 15.9 Å². The molecule has 3 atom stereocenters. The van der Waals surface area contributed by atoms with Gasteiger partial charge in [-0.2, -0.15) is 0 Å². The molecule has 2 rings (SSSR count). The summed E-state index contributed by atoms with van der Waals surface area (Å²) < 4.78 is 27.2. The standard InChI is InChI=1S/C19H30N2O3S/c1-13-8-9-17(12-15(13)3)25(23,24)20-11-10-19(22)21-18-7-5-6-14(2)16(18)4/h8-9,12,14,16,18,20H,5-7,10-11H2,1-4H3,(H,21,22)/t14-,16+,18-/m1/s1. The summed E-state index contributed by atoms with van der Waals surface area (Å²) in [6.07, 6.45) is 3.51. The van der Waals surface area contributed by atoms with Gasteiger partial charge in [0.05, 0.1) is 4.90 Å². The minimum atomic E-state index is -3.58. The summed E-state index contributed by atoms with van der Waals surface area (Å²) in [4.78, 5) is 12.4. The summed E-state index contributed by atoms with van der Waals surface area (Å²) in [5.41, 5.74) is 1.98. The third-order valence-electron chi connectivity index (χ3n) is 5.49. The second-order valence-electron chi connectivity index (χ2n) is 7.34. The van der Waals surface area contributed by atoms with Gasteiger partial charge in [-0.1, -0.05) is 32.8 Å². The molecule has 1 saturated carbocycles. The molecule has 0 aliphatic heterocycles. The molecule has 1 fully saturated rings. The second-order valence-corrected chi connectivity index (χ2v) is 9.10. The van der Waals surface area contributed by atoms with E-state index in [0.29, 0.717) is 11.8 Å². The molecule has 2 N–H and O–H groups in total. The van der Waals surface area contributed by atoms with Crippen molar-refractivity contribution in [2.45, 2.75) is 64.3 Å². The molecule has 1 aliphatic carbocycles. The minimum Gasteiger partial charge on any atom is -0.353 e. The van der Waals surface area contributed by atoms with Crippen molar-refractivity contribution in [3.63, 3.8) is 0 Å². The van der Waals surface area contributed by atoms with Crippen LogP contribution in [0.4, 0.5) is 0 Å². The third-order valence-corrected chi connectivity index (χ3v) is 6.94. The monoisotopic (exact) mass is 366 g/mol. The van der Waals surface area contributed by atoms with Gasteiger partial charge in [0.25, 0.3) is 0 Å². The van der Waals surface area contributed by atoms with Crippen molar-refractivity contribution in [3.8, 4) is 0 Å². The van der Waals surface area contributed by atoms with Crippen molar-refractivity contribution in [2.75, 3.05) is 6.54 Å². The zero-order valence-electron chi connectivity index (χ0n) is 15.6. The Morgan fingerprint density at radius 2 is 1.88 bits per heavy atom. The van der Waals surface area contributed by atoms with Gasteiger partial charge in [-0.05, 0) is 55.4 Å². The lowest BCUT2D eigenvalue weighted by atomic mass is 9.78. The van der Waals surface area contributed by atoms with Gasteiger partial charge in [0.15, 0.2) is 0 Å². The van der Waals surface area contributed by atoms with Crippen molar-refractivity contribution in [2.24, 2.45) is 11.8 Å². The first-order valence-corrected chi connectivity index (χ1v) is 10.6. The van der Waals surface area contributed by atoms with Gasteiger partial charge in [-0.3, -0.25) is 4.79 Å². The number of amides is 1. The van der Waals surface area contributed by atoms with E-state index >= 15 is 0 Å². The van der Waals surface area contributed by atoms with Crippen molar-refractivity contribution < 1.29 is 13.2 Å². The first-order valence-electron chi connectivity index (χ1n) is 9.07. The number of carbonyl (C=O) groups is 1. The van der Waals surface area contributed by atoms with Gasteiger partial charge in [0, 0.05) is 19.0 Å². The number of hydrogen-bond donors (Lipinski definition) is 2. The molecule has 1 aliphatic rings. The molecular weight excluding hydrogens is 336 g/mol. The summed E-state index contributed by atoms with van der Waals surface area (Å²) in [6, 6.07) is 5.24. The largest absolute Gasteiger partial charge is 0.353 e. The molecule has 1 aromatic carbocycles. The number of benzene rings is 1. The summed E-state index contributed by atoms with van der Waals surface area (Å²) in [6.45, 7) is 8.33. The number of sulfonamides is 1. The molecule has 25 heavy (non-hydrogen) atoms. The van der Waals surface area contributed by atoms with Gasteiger partial charge in [0.1, 0.15) is 0 Å². The Labute approximate surface area is 151 Å². The SMILES string of the molecule is Cc1ccc(S(=O)(=O)NCCC(=O)N[C@@H]2CCC[C@@H](C)[C@@H]2C)cc1C. The number of aryl methyl sites for hydroxylation is 2. The molecule has 1 amide bonds. The molecule has 1 aromatic rings. The van der Waals surface area contributed by atoms with Crippen LogP contribution >= 0.6 is 0 Å². The molecule has 0 saturated heterocycles. The topological polar surface area (TPSA) is 75.3 Å². The highest BCUT2D eigenvalue weighted by molar-refractivity contribution is 7.89. The highest BCUT2D eigenvalue weighted by atomic mass is 32.2. The van der Waals surface area contributed by atoms with Crippen molar-refractivity contribution in [3.05, 3.63) is 29.3 Å². The molecule has 0 unspecified atom stereocenters. The summed E-state index contributed by atoms with van der Waals surface area (Å²) >= 11 is 0. The van der Waals surface area contributed by atoms with Crippen LogP contribution in [0.25, 0.3) is 0 Å². The molecule has 0 radical (unpaired) electrons. The van der Waals surface area contributed by atoms with E-state index in [0.717, 1.165) is 24.0 Å². The zero-order chi connectivity index (χ0) is 18.6. The molecular formula is C19H30N2O3S. The van der Waals surface area contributed by atoms with E-state index in [1.165, 1.54) is 6.42 Å². The molecule has 140 valence electrons. The van der Waals surface area contributed by atoms with Gasteiger partial charge in [-0.25, -0.2) is 13.1 Å². The van der Waals surface area contributed by atoms with Crippen LogP contribution in [0.2, 0.25) is 0 Å². The number of nitrogens with one attached hydrogen (secondary N) is 2. The van der Waals surface area contributed by atoms with Gasteiger partial charge >= 0.3 is 0 Å². The maximum Gasteiger partial charge on any atom is 0.240 e. The average molecular weight is 367 g/mol. The highest BCUT2D eigenvalue weighted by Crippen LogP contribution is 2.29. The van der Waals surface area contributed by atoms with Crippen LogP contribution in [-0.4, -0.2) is 26.9 Å². The van der Waals surface area contributed by atoms with Crippen LogP contribution in [0, 0.1) is 25.7 Å². The second kappa shape index (κ2) is 8.32. The maximum atomic E-state index is 12.3. The Morgan fingerprint density at radius 3 is 2.56 bits per heavy atom. The van der Waals surface area contributed by atoms with Gasteiger partial charge in [-0.15, -0.1) is 0 Å². The maximum absolute atomic E-state index is 12.3. The van der Waals surface area contributed by atoms with Crippen LogP contribution < -0.4 is 10.0 Å². The van der Waals surface area contributed by atoms with Crippen molar-refractivity contribution in [1.29, 1.82) is 0 Å². The number of hydrogen-bond acceptors (Lipinski definition) is 3. The predicted octanol–water partition coefficient (Wildman–Crippen LogP) is 2.91. The first kappa shape index (κ1) is 19.9. The average Bonchev–Trinajstić information content (AvgIpc) is 2.54. The third kappa shape index (κ3) is 5.28. The van der Waals surface area contributed by atoms with Crippen molar-refractivity contribution in [1.82, 2.24) is 10.0 Å². The quantitative estimate of drug-likeness (QED) is 0.813. The van der Waals surface area contributed by atoms with Crippen LogP contribution in [-0.2, 0) is 14.8 Å². The van der Waals surface area contributed by atoms with E-state index in [1.807, 2.05) is 13.8 Å². The van der Waals surface area contributed by atoms with Crippen LogP contribution in [0.3, 0.4) is 0 Å². The Hall–Kier alpha value is -1.40. The lowest BCUT2D eigenvalue weighted by Gasteiger charge is -2.34. The lowest BCUT2D eigenvalue weighted by Crippen LogP contribution is -2.44. The summed E-state index contributed by atoms with van der Waals surface area (Å²) in [7, 11) is -3.58. The number of rotatable bonds is 6. The highest BCUT2D eigenvalue weighted by Gasteiger charge is 2.28. The Morgan fingerprint density at radius 1 is 1.16 bits per heavy atom. The van der Waals surface area contributed by atoms with E-state index < -0.39 is 10.0 Å². The van der Waals surface area contributed by atoms with Crippen LogP contribution in [0.5, 0.6) is 0 Å². The van der Waals surface area contributed by atoms with E-state index in [9.17, 15) is 13.2 Å². The van der Waals surface area contributed by atoms with Crippen LogP contribution in [0.15, 0.2) is 23.1 Å². The molecule has 6 heteroatoms. The smallest absolute Gasteiger partial charge is 0.240 e. The molecule has 0 bridgehead atoms. The minimum absolute atomic E-state index is 0.0891. The predicted molar refractivity (Wildman–Crippen MR) is 99.8 cm³/mol. The first-order chi connectivity index (χ1) is 11.7. The van der Waals surface area contributed by atoms with Gasteiger partial charge < -0.3 is 5.32 Å². The van der Waals surface area contributed by atoms with Crippen molar-refractivity contribution >= 4 is 15.9 Å². The fraction of sp³-hybridized carbons (Fsp3) is 0.632. The molecule has 0 spiro atoms. The Balaban J connectivity index is 1.84. The zero-order valence-corrected chi connectivity index (χ0v) is 16.4. The fourth-order valence-electron chi connectivity index (χ4n) is 3.33. The molecule has 5 nitrogen and oxygen atoms in total. The summed E-state index contributed by atoms with van der Waals surface area (Å²) in [5.74, 6) is 0.987. The van der Waals surface area contributed by atoms with Crippen LogP contribution in [0.1, 0.15) is 50.7 Å².